The molecule has 0 saturated carbocycles. The maximum Gasteiger partial charge on any atom is 0.251 e. The van der Waals surface area contributed by atoms with Gasteiger partial charge in [-0.15, -0.1) is 0 Å². The number of hydrogen-bond acceptors (Lipinski definition) is 4. The SMILES string of the molecule is CC1(c2nc3ccc(C(=O)NCCCc4ncc[nH]4)cc3nc2-c2ccc(F)cc2)C=CC(F)=CC1. The van der Waals surface area contributed by atoms with Gasteiger partial charge >= 0.3 is 0 Å². The van der Waals surface area contributed by atoms with Crippen LogP contribution in [0, 0.1) is 5.82 Å². The van der Waals surface area contributed by atoms with Crippen LogP contribution in [0.15, 0.2) is 78.9 Å². The van der Waals surface area contributed by atoms with Crippen molar-refractivity contribution < 1.29 is 13.6 Å². The van der Waals surface area contributed by atoms with Crippen molar-refractivity contribution in [3.8, 4) is 11.3 Å². The molecule has 1 aliphatic carbocycles. The van der Waals surface area contributed by atoms with Crippen LogP contribution in [-0.2, 0) is 11.8 Å². The lowest BCUT2D eigenvalue weighted by Gasteiger charge is -2.28. The Hall–Kier alpha value is -4.20. The number of fused-ring (bicyclic) bond motifs is 1. The van der Waals surface area contributed by atoms with Gasteiger partial charge < -0.3 is 10.3 Å². The number of amides is 1. The Kier molecular flexibility index (Phi) is 6.41. The number of carbonyl (C=O) groups excluding carboxylic acids is 1. The predicted octanol–water partition coefficient (Wildman–Crippen LogP) is 5.59. The topological polar surface area (TPSA) is 83.6 Å². The van der Waals surface area contributed by atoms with Gasteiger partial charge in [0.05, 0.1) is 22.4 Å². The summed E-state index contributed by atoms with van der Waals surface area (Å²) >= 11 is 0. The molecule has 0 saturated heterocycles. The number of benzene rings is 2. The van der Waals surface area contributed by atoms with E-state index in [-0.39, 0.29) is 17.6 Å². The second-order valence-corrected chi connectivity index (χ2v) is 9.07. The lowest BCUT2D eigenvalue weighted by atomic mass is 9.78. The van der Waals surface area contributed by atoms with Crippen molar-refractivity contribution in [1.82, 2.24) is 25.3 Å². The minimum Gasteiger partial charge on any atom is -0.352 e. The van der Waals surface area contributed by atoms with E-state index in [1.807, 2.05) is 6.92 Å². The van der Waals surface area contributed by atoms with E-state index in [1.54, 1.807) is 48.8 Å². The minimum absolute atomic E-state index is 0.201. The third kappa shape index (κ3) is 4.93. The van der Waals surface area contributed by atoms with Crippen LogP contribution in [0.1, 0.15) is 41.6 Å². The quantitative estimate of drug-likeness (QED) is 0.334. The Morgan fingerprint density at radius 3 is 2.67 bits per heavy atom. The van der Waals surface area contributed by atoms with Crippen LogP contribution in [-0.4, -0.2) is 32.4 Å². The zero-order valence-corrected chi connectivity index (χ0v) is 19.8. The molecule has 1 amide bonds. The van der Waals surface area contributed by atoms with Crippen LogP contribution in [0.3, 0.4) is 0 Å². The summed E-state index contributed by atoms with van der Waals surface area (Å²) in [4.78, 5) is 29.8. The monoisotopic (exact) mass is 485 g/mol. The highest BCUT2D eigenvalue weighted by Crippen LogP contribution is 2.38. The molecule has 0 aliphatic heterocycles. The maximum atomic E-state index is 13.7. The number of aromatic nitrogens is 4. The molecule has 4 aromatic rings. The lowest BCUT2D eigenvalue weighted by Crippen LogP contribution is -2.25. The van der Waals surface area contributed by atoms with Crippen molar-refractivity contribution in [1.29, 1.82) is 0 Å². The van der Waals surface area contributed by atoms with Gasteiger partial charge in [-0.1, -0.05) is 13.0 Å². The highest BCUT2D eigenvalue weighted by atomic mass is 19.1. The summed E-state index contributed by atoms with van der Waals surface area (Å²) in [6.45, 7) is 2.48. The molecular weight excluding hydrogens is 460 g/mol. The number of halogens is 2. The first kappa shape index (κ1) is 23.5. The number of imidazole rings is 1. The average molecular weight is 486 g/mol. The molecule has 1 atom stereocenters. The molecule has 0 spiro atoms. The van der Waals surface area contributed by atoms with Crippen molar-refractivity contribution in [2.45, 2.75) is 31.6 Å². The Morgan fingerprint density at radius 2 is 1.94 bits per heavy atom. The van der Waals surface area contributed by atoms with E-state index in [2.05, 4.69) is 15.3 Å². The molecule has 0 radical (unpaired) electrons. The van der Waals surface area contributed by atoms with E-state index in [4.69, 9.17) is 9.97 Å². The highest BCUT2D eigenvalue weighted by molar-refractivity contribution is 5.97. The molecule has 2 aromatic carbocycles. The summed E-state index contributed by atoms with van der Waals surface area (Å²) in [5.74, 6) is 0.0423. The van der Waals surface area contributed by atoms with E-state index in [9.17, 15) is 13.6 Å². The molecule has 8 heteroatoms. The molecule has 6 nitrogen and oxygen atoms in total. The largest absolute Gasteiger partial charge is 0.352 e. The number of carbonyl (C=O) groups is 1. The number of nitrogens with one attached hydrogen (secondary N) is 2. The van der Waals surface area contributed by atoms with Crippen LogP contribution in [0.2, 0.25) is 0 Å². The predicted molar refractivity (Wildman–Crippen MR) is 134 cm³/mol. The highest BCUT2D eigenvalue weighted by Gasteiger charge is 2.31. The smallest absolute Gasteiger partial charge is 0.251 e. The van der Waals surface area contributed by atoms with Crippen LogP contribution < -0.4 is 5.32 Å². The third-order valence-electron chi connectivity index (χ3n) is 6.35. The van der Waals surface area contributed by atoms with E-state index in [0.717, 1.165) is 18.7 Å². The van der Waals surface area contributed by atoms with E-state index in [1.165, 1.54) is 24.3 Å². The van der Waals surface area contributed by atoms with Gasteiger partial charge in [-0.05, 0) is 67.5 Å². The second kappa shape index (κ2) is 9.81. The standard InChI is InChI=1S/C28H25F2N5O/c1-28(12-10-21(30)11-13-28)26-25(18-4-7-20(29)8-5-18)34-23-17-19(6-9-22(23)35-26)27(36)33-14-2-3-24-31-15-16-32-24/h4-12,15-17H,2-3,13-14H2,1H3,(H,31,32)(H,33,36). The van der Waals surface area contributed by atoms with Gasteiger partial charge in [0.2, 0.25) is 0 Å². The van der Waals surface area contributed by atoms with Crippen LogP contribution >= 0.6 is 0 Å². The van der Waals surface area contributed by atoms with Crippen LogP contribution in [0.5, 0.6) is 0 Å². The van der Waals surface area contributed by atoms with Crippen LogP contribution in [0.25, 0.3) is 22.3 Å². The number of aromatic amines is 1. The van der Waals surface area contributed by atoms with Crippen LogP contribution in [0.4, 0.5) is 8.78 Å². The van der Waals surface area contributed by atoms with Gasteiger partial charge in [0.15, 0.2) is 0 Å². The fraction of sp³-hybridized carbons (Fsp3) is 0.214. The number of rotatable bonds is 7. The normalized spacial score (nSPS) is 17.2. The van der Waals surface area contributed by atoms with Gasteiger partial charge in [-0.2, -0.15) is 0 Å². The Balaban J connectivity index is 1.46. The first-order chi connectivity index (χ1) is 17.4. The zero-order valence-electron chi connectivity index (χ0n) is 19.8. The molecule has 36 heavy (non-hydrogen) atoms. The molecule has 1 aliphatic rings. The number of hydrogen-bond donors (Lipinski definition) is 2. The number of nitrogens with zero attached hydrogens (tertiary/aromatic N) is 3. The Labute approximate surface area is 207 Å². The molecule has 182 valence electrons. The van der Waals surface area contributed by atoms with Crippen molar-refractivity contribution in [3.05, 3.63) is 102 Å². The van der Waals surface area contributed by atoms with E-state index < -0.39 is 5.41 Å². The Morgan fingerprint density at radius 1 is 1.11 bits per heavy atom. The maximum absolute atomic E-state index is 13.7. The summed E-state index contributed by atoms with van der Waals surface area (Å²) in [6, 6.07) is 11.2. The summed E-state index contributed by atoms with van der Waals surface area (Å²) in [5, 5.41) is 2.93. The summed E-state index contributed by atoms with van der Waals surface area (Å²) < 4.78 is 27.4. The average Bonchev–Trinajstić information content (AvgIpc) is 3.41. The first-order valence-corrected chi connectivity index (χ1v) is 11.8. The zero-order chi connectivity index (χ0) is 25.1. The molecule has 0 bridgehead atoms. The van der Waals surface area contributed by atoms with Gasteiger partial charge in [0.25, 0.3) is 5.91 Å². The summed E-state index contributed by atoms with van der Waals surface area (Å²) in [5.41, 5.74) is 2.98. The van der Waals surface area contributed by atoms with E-state index in [0.29, 0.717) is 46.5 Å². The lowest BCUT2D eigenvalue weighted by molar-refractivity contribution is 0.0953. The van der Waals surface area contributed by atoms with Gasteiger partial charge in [0, 0.05) is 41.9 Å². The third-order valence-corrected chi connectivity index (χ3v) is 6.35. The summed E-state index contributed by atoms with van der Waals surface area (Å²) in [6.07, 6.45) is 10.1. The van der Waals surface area contributed by atoms with Crippen molar-refractivity contribution in [2.75, 3.05) is 6.54 Å². The van der Waals surface area contributed by atoms with Crippen molar-refractivity contribution in [3.63, 3.8) is 0 Å². The van der Waals surface area contributed by atoms with Gasteiger partial charge in [-0.25, -0.2) is 23.7 Å². The van der Waals surface area contributed by atoms with Crippen molar-refractivity contribution in [2.24, 2.45) is 0 Å². The number of aryl methyl sites for hydroxylation is 1. The molecule has 2 heterocycles. The second-order valence-electron chi connectivity index (χ2n) is 9.07. The fourth-order valence-corrected chi connectivity index (χ4v) is 4.28. The fourth-order valence-electron chi connectivity index (χ4n) is 4.28. The molecule has 5 rings (SSSR count). The summed E-state index contributed by atoms with van der Waals surface area (Å²) in [7, 11) is 0. The molecule has 2 N–H and O–H groups in total. The van der Waals surface area contributed by atoms with E-state index >= 15 is 0 Å². The molecule has 0 fully saturated rings. The van der Waals surface area contributed by atoms with Gasteiger partial charge in [-0.3, -0.25) is 4.79 Å². The molecular formula is C28H25F2N5O. The number of H-pyrrole nitrogens is 1. The first-order valence-electron chi connectivity index (χ1n) is 11.8. The molecule has 1 unspecified atom stereocenters. The molecule has 2 aromatic heterocycles. The number of allylic oxidation sites excluding steroid dienone is 4. The van der Waals surface area contributed by atoms with Crippen molar-refractivity contribution >= 4 is 16.9 Å². The minimum atomic E-state index is -0.593. The Bertz CT molecular complexity index is 1460. The van der Waals surface area contributed by atoms with Gasteiger partial charge in [0.1, 0.15) is 17.5 Å².